The predicted molar refractivity (Wildman–Crippen MR) is 87.9 cm³/mol. The number of anilines is 1. The average Bonchev–Trinajstić information content (AvgIpc) is 3.04. The monoisotopic (exact) mass is 328 g/mol. The van der Waals surface area contributed by atoms with Crippen molar-refractivity contribution in [3.63, 3.8) is 0 Å². The molecule has 0 aliphatic heterocycles. The minimum absolute atomic E-state index is 0.255. The van der Waals surface area contributed by atoms with Crippen LogP contribution in [0.25, 0.3) is 11.3 Å². The van der Waals surface area contributed by atoms with E-state index in [-0.39, 0.29) is 11.8 Å². The topological polar surface area (TPSA) is 64.4 Å². The van der Waals surface area contributed by atoms with Crippen LogP contribution >= 0.6 is 11.6 Å². The molecule has 0 saturated heterocycles. The lowest BCUT2D eigenvalue weighted by Crippen LogP contribution is -2.12. The zero-order valence-electron chi connectivity index (χ0n) is 12.2. The largest absolute Gasteiger partial charge is 0.496 e. The Labute approximate surface area is 137 Å². The van der Waals surface area contributed by atoms with E-state index < -0.39 is 0 Å². The molecule has 1 heterocycles. The number of para-hydroxylation sites is 1. The van der Waals surface area contributed by atoms with Gasteiger partial charge in [-0.3, -0.25) is 10.1 Å². The van der Waals surface area contributed by atoms with Crippen LogP contribution in [0, 0.1) is 0 Å². The molecule has 0 aliphatic carbocycles. The minimum Gasteiger partial charge on any atom is -0.496 e. The smallest absolute Gasteiger partial charge is 0.261 e. The Morgan fingerprint density at radius 1 is 1.17 bits per heavy atom. The van der Waals surface area contributed by atoms with Crippen LogP contribution in [0.2, 0.25) is 5.02 Å². The van der Waals surface area contributed by atoms with Crippen molar-refractivity contribution < 1.29 is 14.1 Å². The number of ether oxygens (including phenoxy) is 1. The van der Waals surface area contributed by atoms with Crippen molar-refractivity contribution in [3.05, 3.63) is 65.2 Å². The highest BCUT2D eigenvalue weighted by molar-refractivity contribution is 6.30. The van der Waals surface area contributed by atoms with Crippen molar-refractivity contribution in [1.29, 1.82) is 0 Å². The lowest BCUT2D eigenvalue weighted by Gasteiger charge is -2.06. The molecule has 6 heteroatoms. The number of carbonyl (C=O) groups excluding carboxylic acids is 1. The van der Waals surface area contributed by atoms with Gasteiger partial charge in [0, 0.05) is 16.7 Å². The molecular formula is C17H13ClN2O3. The van der Waals surface area contributed by atoms with Gasteiger partial charge in [0.2, 0.25) is 5.88 Å². The second kappa shape index (κ2) is 6.54. The highest BCUT2D eigenvalue weighted by Gasteiger charge is 2.14. The fourth-order valence-corrected chi connectivity index (χ4v) is 2.23. The third-order valence-corrected chi connectivity index (χ3v) is 3.49. The summed E-state index contributed by atoms with van der Waals surface area (Å²) < 4.78 is 10.3. The van der Waals surface area contributed by atoms with Gasteiger partial charge in [0.05, 0.1) is 12.7 Å². The van der Waals surface area contributed by atoms with E-state index in [9.17, 15) is 4.79 Å². The number of nitrogens with one attached hydrogen (secondary N) is 1. The van der Waals surface area contributed by atoms with E-state index in [0.717, 1.165) is 5.56 Å². The number of rotatable bonds is 4. The maximum absolute atomic E-state index is 12.3. The molecule has 2 aromatic carbocycles. The number of aromatic nitrogens is 1. The number of halogens is 1. The third-order valence-electron chi connectivity index (χ3n) is 3.24. The minimum atomic E-state index is -0.332. The Morgan fingerprint density at radius 2 is 1.91 bits per heavy atom. The fourth-order valence-electron chi connectivity index (χ4n) is 2.10. The Hall–Kier alpha value is -2.79. The first kappa shape index (κ1) is 15.1. The number of methoxy groups -OCH3 is 1. The summed E-state index contributed by atoms with van der Waals surface area (Å²) in [6, 6.07) is 15.8. The summed E-state index contributed by atoms with van der Waals surface area (Å²) in [5, 5.41) is 7.24. The summed E-state index contributed by atoms with van der Waals surface area (Å²) in [6.45, 7) is 0. The average molecular weight is 329 g/mol. The van der Waals surface area contributed by atoms with Gasteiger partial charge >= 0.3 is 0 Å². The van der Waals surface area contributed by atoms with E-state index in [0.29, 0.717) is 22.0 Å². The molecule has 0 bridgehead atoms. The van der Waals surface area contributed by atoms with Gasteiger partial charge in [-0.2, -0.15) is 0 Å². The molecule has 23 heavy (non-hydrogen) atoms. The summed E-state index contributed by atoms with van der Waals surface area (Å²) in [5.74, 6) is 0.412. The first-order chi connectivity index (χ1) is 11.2. The van der Waals surface area contributed by atoms with E-state index >= 15 is 0 Å². The molecule has 0 saturated carbocycles. The summed E-state index contributed by atoms with van der Waals surface area (Å²) in [5.41, 5.74) is 1.87. The van der Waals surface area contributed by atoms with Crippen LogP contribution in [0.4, 0.5) is 5.88 Å². The van der Waals surface area contributed by atoms with Gasteiger partial charge in [-0.25, -0.2) is 0 Å². The van der Waals surface area contributed by atoms with Crippen LogP contribution in [0.3, 0.4) is 0 Å². The number of benzene rings is 2. The quantitative estimate of drug-likeness (QED) is 0.777. The molecule has 116 valence electrons. The Kier molecular flexibility index (Phi) is 4.30. The van der Waals surface area contributed by atoms with Crippen molar-refractivity contribution in [2.24, 2.45) is 0 Å². The van der Waals surface area contributed by atoms with Gasteiger partial charge in [0.1, 0.15) is 11.4 Å². The molecule has 3 aromatic rings. The first-order valence-electron chi connectivity index (χ1n) is 6.84. The van der Waals surface area contributed by atoms with Crippen LogP contribution < -0.4 is 10.1 Å². The Morgan fingerprint density at radius 3 is 2.65 bits per heavy atom. The van der Waals surface area contributed by atoms with E-state index in [1.54, 1.807) is 42.5 Å². The highest BCUT2D eigenvalue weighted by Crippen LogP contribution is 2.24. The number of hydrogen-bond acceptors (Lipinski definition) is 4. The molecule has 0 unspecified atom stereocenters. The molecule has 5 nitrogen and oxygen atoms in total. The van der Waals surface area contributed by atoms with Gasteiger partial charge < -0.3 is 9.26 Å². The van der Waals surface area contributed by atoms with Gasteiger partial charge in [0.15, 0.2) is 0 Å². The predicted octanol–water partition coefficient (Wildman–Crippen LogP) is 4.26. The highest BCUT2D eigenvalue weighted by atomic mass is 35.5. The SMILES string of the molecule is COc1ccccc1C(=O)Nc1cc(-c2ccc(Cl)cc2)no1. The maximum atomic E-state index is 12.3. The van der Waals surface area contributed by atoms with Crippen molar-refractivity contribution in [1.82, 2.24) is 5.16 Å². The lowest BCUT2D eigenvalue weighted by atomic mass is 10.1. The molecule has 0 spiro atoms. The van der Waals surface area contributed by atoms with Crippen LogP contribution in [-0.4, -0.2) is 18.2 Å². The van der Waals surface area contributed by atoms with Crippen LogP contribution in [0.5, 0.6) is 5.75 Å². The summed E-state index contributed by atoms with van der Waals surface area (Å²) >= 11 is 5.86. The fraction of sp³-hybridized carbons (Fsp3) is 0.0588. The number of carbonyl (C=O) groups is 1. The zero-order chi connectivity index (χ0) is 16.2. The normalized spacial score (nSPS) is 10.3. The summed E-state index contributed by atoms with van der Waals surface area (Å²) in [7, 11) is 1.51. The molecule has 1 aromatic heterocycles. The van der Waals surface area contributed by atoms with E-state index in [4.69, 9.17) is 20.9 Å². The second-order valence-corrected chi connectivity index (χ2v) is 5.17. The third kappa shape index (κ3) is 3.35. The van der Waals surface area contributed by atoms with Gasteiger partial charge in [-0.05, 0) is 24.3 Å². The summed E-state index contributed by atoms with van der Waals surface area (Å²) in [6.07, 6.45) is 0. The van der Waals surface area contributed by atoms with E-state index in [1.807, 2.05) is 12.1 Å². The van der Waals surface area contributed by atoms with Crippen molar-refractivity contribution >= 4 is 23.4 Å². The zero-order valence-corrected chi connectivity index (χ0v) is 13.0. The Bertz CT molecular complexity index is 828. The second-order valence-electron chi connectivity index (χ2n) is 4.74. The van der Waals surface area contributed by atoms with E-state index in [1.165, 1.54) is 7.11 Å². The Balaban J connectivity index is 1.79. The molecule has 0 fully saturated rings. The van der Waals surface area contributed by atoms with Gasteiger partial charge in [0.25, 0.3) is 5.91 Å². The first-order valence-corrected chi connectivity index (χ1v) is 7.22. The molecule has 1 amide bonds. The van der Waals surface area contributed by atoms with Gasteiger partial charge in [-0.1, -0.05) is 41.0 Å². The van der Waals surface area contributed by atoms with Crippen molar-refractivity contribution in [3.8, 4) is 17.0 Å². The molecular weight excluding hydrogens is 316 g/mol. The van der Waals surface area contributed by atoms with Crippen molar-refractivity contribution in [2.45, 2.75) is 0 Å². The number of hydrogen-bond donors (Lipinski definition) is 1. The van der Waals surface area contributed by atoms with E-state index in [2.05, 4.69) is 10.5 Å². The van der Waals surface area contributed by atoms with Crippen LogP contribution in [0.1, 0.15) is 10.4 Å². The number of amides is 1. The van der Waals surface area contributed by atoms with Gasteiger partial charge in [-0.15, -0.1) is 0 Å². The molecule has 0 atom stereocenters. The van der Waals surface area contributed by atoms with Crippen LogP contribution in [0.15, 0.2) is 59.1 Å². The standard InChI is InChI=1S/C17H13ClN2O3/c1-22-15-5-3-2-4-13(15)17(21)19-16-10-14(20-23-16)11-6-8-12(18)9-7-11/h2-10H,1H3,(H,19,21). The lowest BCUT2D eigenvalue weighted by molar-refractivity contribution is 0.102. The van der Waals surface area contributed by atoms with Crippen LogP contribution in [-0.2, 0) is 0 Å². The number of nitrogens with zero attached hydrogens (tertiary/aromatic N) is 1. The maximum Gasteiger partial charge on any atom is 0.261 e. The van der Waals surface area contributed by atoms with Crippen molar-refractivity contribution in [2.75, 3.05) is 12.4 Å². The molecule has 0 aliphatic rings. The molecule has 0 radical (unpaired) electrons. The molecule has 3 rings (SSSR count). The molecule has 1 N–H and O–H groups in total. The summed E-state index contributed by atoms with van der Waals surface area (Å²) in [4.78, 5) is 12.3.